The topological polar surface area (TPSA) is 47.4 Å². The van der Waals surface area contributed by atoms with Crippen LogP contribution in [-0.2, 0) is 0 Å². The first-order valence-corrected chi connectivity index (χ1v) is 8.68. The smallest absolute Gasteiger partial charge is 0.271 e. The molecule has 0 bridgehead atoms. The highest BCUT2D eigenvalue weighted by molar-refractivity contribution is 5.36. The van der Waals surface area contributed by atoms with Crippen molar-refractivity contribution in [2.24, 2.45) is 0 Å². The van der Waals surface area contributed by atoms with Gasteiger partial charge in [0.05, 0.1) is 18.0 Å². The summed E-state index contributed by atoms with van der Waals surface area (Å²) in [5.74, 6) is 0.828. The van der Waals surface area contributed by atoms with Crippen LogP contribution in [0.25, 0.3) is 5.69 Å². The number of aryl methyl sites for hydroxylation is 1. The third-order valence-electron chi connectivity index (χ3n) is 4.56. The zero-order chi connectivity index (χ0) is 16.9. The second-order valence-electron chi connectivity index (χ2n) is 6.45. The largest absolute Gasteiger partial charge is 0.494 e. The monoisotopic (exact) mass is 327 g/mol. The van der Waals surface area contributed by atoms with E-state index < -0.39 is 0 Å². The predicted molar refractivity (Wildman–Crippen MR) is 95.0 cm³/mol. The molecule has 1 aliphatic heterocycles. The van der Waals surface area contributed by atoms with Gasteiger partial charge in [0.1, 0.15) is 5.75 Å². The van der Waals surface area contributed by atoms with E-state index in [1.165, 1.54) is 30.1 Å². The number of hydrogen-bond donors (Lipinski definition) is 0. The predicted octanol–water partition coefficient (Wildman–Crippen LogP) is 2.79. The van der Waals surface area contributed by atoms with E-state index in [0.29, 0.717) is 12.6 Å². The van der Waals surface area contributed by atoms with E-state index in [2.05, 4.69) is 16.9 Å². The standard InChI is InChI=1S/C19H25N3O2/c1-15-6-11-19(23)22(20-15)17-7-9-18(10-8-17)24-14-4-13-21-12-3-5-16(21)2/h6-11,16H,3-5,12-14H2,1-2H3. The molecule has 3 rings (SSSR count). The van der Waals surface area contributed by atoms with Crippen LogP contribution in [0.2, 0.25) is 0 Å². The summed E-state index contributed by atoms with van der Waals surface area (Å²) in [4.78, 5) is 14.4. The number of nitrogens with zero attached hydrogens (tertiary/aromatic N) is 3. The Hall–Kier alpha value is -2.14. The van der Waals surface area contributed by atoms with Gasteiger partial charge >= 0.3 is 0 Å². The van der Waals surface area contributed by atoms with Gasteiger partial charge in [-0.1, -0.05) is 0 Å². The van der Waals surface area contributed by atoms with Crippen molar-refractivity contribution in [2.75, 3.05) is 19.7 Å². The minimum absolute atomic E-state index is 0.131. The van der Waals surface area contributed by atoms with Crippen LogP contribution in [0.15, 0.2) is 41.2 Å². The summed E-state index contributed by atoms with van der Waals surface area (Å²) in [6.07, 6.45) is 3.66. The lowest BCUT2D eigenvalue weighted by Gasteiger charge is -2.20. The maximum atomic E-state index is 11.9. The first kappa shape index (κ1) is 16.7. The highest BCUT2D eigenvalue weighted by Gasteiger charge is 2.18. The summed E-state index contributed by atoms with van der Waals surface area (Å²) in [5.41, 5.74) is 1.43. The fourth-order valence-corrected chi connectivity index (χ4v) is 3.15. The molecule has 2 heterocycles. The van der Waals surface area contributed by atoms with Crippen LogP contribution in [-0.4, -0.2) is 40.4 Å². The second kappa shape index (κ2) is 7.62. The van der Waals surface area contributed by atoms with E-state index in [9.17, 15) is 4.79 Å². The van der Waals surface area contributed by atoms with Crippen LogP contribution in [0.3, 0.4) is 0 Å². The average molecular weight is 327 g/mol. The molecule has 24 heavy (non-hydrogen) atoms. The van der Waals surface area contributed by atoms with Gasteiger partial charge < -0.3 is 9.64 Å². The van der Waals surface area contributed by atoms with Crippen molar-refractivity contribution in [3.63, 3.8) is 0 Å². The molecule has 1 fully saturated rings. The Labute approximate surface area is 142 Å². The number of benzene rings is 1. The molecule has 0 radical (unpaired) electrons. The minimum atomic E-state index is -0.131. The summed E-state index contributed by atoms with van der Waals surface area (Å²) in [7, 11) is 0. The van der Waals surface area contributed by atoms with E-state index in [1.807, 2.05) is 31.2 Å². The minimum Gasteiger partial charge on any atom is -0.494 e. The van der Waals surface area contributed by atoms with Gasteiger partial charge in [0.25, 0.3) is 5.56 Å². The number of ether oxygens (including phenoxy) is 1. The van der Waals surface area contributed by atoms with Crippen molar-refractivity contribution in [3.8, 4) is 11.4 Å². The Morgan fingerprint density at radius 3 is 2.71 bits per heavy atom. The van der Waals surface area contributed by atoms with Crippen molar-refractivity contribution in [1.29, 1.82) is 0 Å². The third-order valence-corrected chi connectivity index (χ3v) is 4.56. The lowest BCUT2D eigenvalue weighted by molar-refractivity contribution is 0.230. The van der Waals surface area contributed by atoms with Crippen LogP contribution in [0.4, 0.5) is 0 Å². The van der Waals surface area contributed by atoms with Gasteiger partial charge in [0.2, 0.25) is 0 Å². The van der Waals surface area contributed by atoms with Crippen LogP contribution in [0.1, 0.15) is 31.9 Å². The SMILES string of the molecule is Cc1ccc(=O)n(-c2ccc(OCCCN3CCCC3C)cc2)n1. The Balaban J connectivity index is 1.53. The fraction of sp³-hybridized carbons (Fsp3) is 0.474. The highest BCUT2D eigenvalue weighted by Crippen LogP contribution is 2.17. The van der Waals surface area contributed by atoms with Crippen LogP contribution >= 0.6 is 0 Å². The molecule has 128 valence electrons. The lowest BCUT2D eigenvalue weighted by Crippen LogP contribution is -2.28. The number of rotatable bonds is 6. The molecule has 5 nitrogen and oxygen atoms in total. The van der Waals surface area contributed by atoms with Crippen molar-refractivity contribution in [2.45, 2.75) is 39.2 Å². The first-order valence-electron chi connectivity index (χ1n) is 8.68. The van der Waals surface area contributed by atoms with Gasteiger partial charge in [0, 0.05) is 18.7 Å². The molecule has 0 spiro atoms. The Morgan fingerprint density at radius 2 is 2.00 bits per heavy atom. The Bertz CT molecular complexity index is 724. The molecule has 1 aromatic heterocycles. The van der Waals surface area contributed by atoms with Crippen molar-refractivity contribution in [1.82, 2.24) is 14.7 Å². The molecular weight excluding hydrogens is 302 g/mol. The van der Waals surface area contributed by atoms with Crippen molar-refractivity contribution in [3.05, 3.63) is 52.4 Å². The van der Waals surface area contributed by atoms with Crippen molar-refractivity contribution >= 4 is 0 Å². The quantitative estimate of drug-likeness (QED) is 0.766. The van der Waals surface area contributed by atoms with Gasteiger partial charge in [-0.2, -0.15) is 9.78 Å². The first-order chi connectivity index (χ1) is 11.6. The number of aromatic nitrogens is 2. The van der Waals surface area contributed by atoms with Gasteiger partial charge in [-0.15, -0.1) is 0 Å². The van der Waals surface area contributed by atoms with Crippen LogP contribution in [0, 0.1) is 6.92 Å². The van der Waals surface area contributed by atoms with Crippen LogP contribution in [0.5, 0.6) is 5.75 Å². The Morgan fingerprint density at radius 1 is 1.21 bits per heavy atom. The summed E-state index contributed by atoms with van der Waals surface area (Å²) < 4.78 is 7.22. The van der Waals surface area contributed by atoms with Crippen LogP contribution < -0.4 is 10.3 Å². The van der Waals surface area contributed by atoms with E-state index in [-0.39, 0.29) is 5.56 Å². The highest BCUT2D eigenvalue weighted by atomic mass is 16.5. The maximum absolute atomic E-state index is 11.9. The van der Waals surface area contributed by atoms with Gasteiger partial charge in [-0.3, -0.25) is 4.79 Å². The summed E-state index contributed by atoms with van der Waals surface area (Å²) in [6, 6.07) is 11.5. The number of hydrogen-bond acceptors (Lipinski definition) is 4. The fourth-order valence-electron chi connectivity index (χ4n) is 3.15. The molecule has 0 N–H and O–H groups in total. The molecule has 0 amide bonds. The zero-order valence-corrected chi connectivity index (χ0v) is 14.4. The lowest BCUT2D eigenvalue weighted by atomic mass is 10.2. The molecule has 1 aromatic carbocycles. The molecular formula is C19H25N3O2. The molecule has 1 saturated heterocycles. The van der Waals surface area contributed by atoms with Gasteiger partial charge in [-0.05, 0) is 70.0 Å². The van der Waals surface area contributed by atoms with Gasteiger partial charge in [0.15, 0.2) is 0 Å². The normalized spacial score (nSPS) is 18.0. The zero-order valence-electron chi connectivity index (χ0n) is 14.4. The third kappa shape index (κ3) is 4.03. The van der Waals surface area contributed by atoms with E-state index >= 15 is 0 Å². The Kier molecular flexibility index (Phi) is 5.30. The van der Waals surface area contributed by atoms with E-state index in [1.54, 1.807) is 6.07 Å². The van der Waals surface area contributed by atoms with Crippen molar-refractivity contribution < 1.29 is 4.74 Å². The molecule has 5 heteroatoms. The maximum Gasteiger partial charge on any atom is 0.271 e. The molecule has 0 saturated carbocycles. The molecule has 1 atom stereocenters. The molecule has 1 aliphatic rings. The molecule has 1 unspecified atom stereocenters. The summed E-state index contributed by atoms with van der Waals surface area (Å²) >= 11 is 0. The second-order valence-corrected chi connectivity index (χ2v) is 6.45. The van der Waals surface area contributed by atoms with Gasteiger partial charge in [-0.25, -0.2) is 0 Å². The van der Waals surface area contributed by atoms with E-state index in [4.69, 9.17) is 4.74 Å². The summed E-state index contributed by atoms with van der Waals surface area (Å²) in [5, 5.41) is 4.26. The molecule has 2 aromatic rings. The van der Waals surface area contributed by atoms with E-state index in [0.717, 1.165) is 30.1 Å². The summed E-state index contributed by atoms with van der Waals surface area (Å²) in [6.45, 7) is 7.20. The average Bonchev–Trinajstić information content (AvgIpc) is 3.00. The molecule has 0 aliphatic carbocycles. The number of likely N-dealkylation sites (tertiary alicyclic amines) is 1.